The third kappa shape index (κ3) is 6.99. The van der Waals surface area contributed by atoms with Crippen LogP contribution in [0, 0.1) is 23.7 Å². The maximum absolute atomic E-state index is 13.5. The van der Waals surface area contributed by atoms with Crippen molar-refractivity contribution < 1.29 is 23.9 Å². The van der Waals surface area contributed by atoms with Gasteiger partial charge in [-0.05, 0) is 79.5 Å². The number of rotatable bonds is 10. The first-order valence-electron chi connectivity index (χ1n) is 19.0. The molecule has 6 atom stereocenters. The van der Waals surface area contributed by atoms with E-state index in [0.717, 1.165) is 71.0 Å². The molecule has 3 fully saturated rings. The molecule has 1 unspecified atom stereocenters. The van der Waals surface area contributed by atoms with Gasteiger partial charge in [-0.25, -0.2) is 14.8 Å². The number of methoxy groups -OCH3 is 1. The van der Waals surface area contributed by atoms with E-state index in [4.69, 9.17) is 9.72 Å². The molecule has 2 aromatic carbocycles. The Balaban J connectivity index is 1.00. The highest BCUT2D eigenvalue weighted by Gasteiger charge is 2.60. The number of ether oxygens (including phenoxy) is 1. The van der Waals surface area contributed by atoms with Crippen LogP contribution in [0.15, 0.2) is 60.9 Å². The van der Waals surface area contributed by atoms with Crippen molar-refractivity contribution in [2.75, 3.05) is 13.7 Å². The summed E-state index contributed by atoms with van der Waals surface area (Å²) in [6, 6.07) is 15.6. The minimum Gasteiger partial charge on any atom is -0.453 e. The van der Waals surface area contributed by atoms with Gasteiger partial charge < -0.3 is 24.9 Å². The largest absolute Gasteiger partial charge is 0.453 e. The summed E-state index contributed by atoms with van der Waals surface area (Å²) in [4.78, 5) is 69.1. The van der Waals surface area contributed by atoms with E-state index in [-0.39, 0.29) is 47.6 Å². The maximum atomic E-state index is 13.5. The van der Waals surface area contributed by atoms with E-state index in [0.29, 0.717) is 18.4 Å². The summed E-state index contributed by atoms with van der Waals surface area (Å²) in [5.41, 5.74) is 8.78. The monoisotopic (exact) mass is 734 g/mol. The van der Waals surface area contributed by atoms with E-state index in [2.05, 4.69) is 74.2 Å². The van der Waals surface area contributed by atoms with Crippen molar-refractivity contribution in [3.05, 3.63) is 72.6 Å². The summed E-state index contributed by atoms with van der Waals surface area (Å²) in [5.74, 6) is 1.61. The van der Waals surface area contributed by atoms with Gasteiger partial charge in [-0.1, -0.05) is 62.4 Å². The van der Waals surface area contributed by atoms with Crippen LogP contribution in [0.2, 0.25) is 0 Å². The number of likely N-dealkylation sites (tertiary alicyclic amines) is 1. The number of carbonyl (C=O) groups is 4. The lowest BCUT2D eigenvalue weighted by molar-refractivity contribution is -0.156. The van der Waals surface area contributed by atoms with Gasteiger partial charge in [-0.2, -0.15) is 0 Å². The van der Waals surface area contributed by atoms with Crippen LogP contribution in [0.1, 0.15) is 83.9 Å². The minimum atomic E-state index is -0.683. The second-order valence-corrected chi connectivity index (χ2v) is 15.5. The topological polar surface area (TPSA) is 165 Å². The molecular formula is C41H50N8O5. The fraction of sp³-hybridized carbons (Fsp3) is 0.463. The minimum absolute atomic E-state index is 0.00867. The number of hydrogen-bond acceptors (Lipinski definition) is 7. The molecule has 3 aliphatic rings. The average molecular weight is 735 g/mol. The Morgan fingerprint density at radius 1 is 0.815 bits per heavy atom. The van der Waals surface area contributed by atoms with E-state index in [1.165, 1.54) is 19.0 Å². The molecule has 1 aliphatic heterocycles. The molecule has 2 aliphatic carbocycles. The molecule has 284 valence electrons. The van der Waals surface area contributed by atoms with Gasteiger partial charge in [0.05, 0.1) is 42.9 Å². The first kappa shape index (κ1) is 36.9. The zero-order valence-corrected chi connectivity index (χ0v) is 31.8. The van der Waals surface area contributed by atoms with Crippen LogP contribution in [0.3, 0.4) is 0 Å². The van der Waals surface area contributed by atoms with E-state index >= 15 is 0 Å². The van der Waals surface area contributed by atoms with Crippen molar-refractivity contribution in [1.29, 1.82) is 0 Å². The van der Waals surface area contributed by atoms with Crippen molar-refractivity contribution in [3.63, 3.8) is 0 Å². The predicted octanol–water partition coefficient (Wildman–Crippen LogP) is 6.21. The number of nitrogens with one attached hydrogen (secondary N) is 4. The molecule has 0 spiro atoms. The average Bonchev–Trinajstić information content (AvgIpc) is 3.94. The first-order chi connectivity index (χ1) is 25.9. The van der Waals surface area contributed by atoms with Gasteiger partial charge in [0.25, 0.3) is 0 Å². The second kappa shape index (κ2) is 15.1. The highest BCUT2D eigenvalue weighted by atomic mass is 16.5. The summed E-state index contributed by atoms with van der Waals surface area (Å²) < 4.78 is 4.75. The van der Waals surface area contributed by atoms with Crippen molar-refractivity contribution in [2.24, 2.45) is 23.7 Å². The number of imidazole rings is 2. The summed E-state index contributed by atoms with van der Waals surface area (Å²) >= 11 is 0. The number of amides is 4. The van der Waals surface area contributed by atoms with Crippen molar-refractivity contribution in [1.82, 2.24) is 40.6 Å². The van der Waals surface area contributed by atoms with E-state index in [1.807, 2.05) is 38.8 Å². The Hall–Kier alpha value is -5.46. The van der Waals surface area contributed by atoms with Crippen LogP contribution in [0.25, 0.3) is 33.6 Å². The van der Waals surface area contributed by atoms with Gasteiger partial charge in [-0.3, -0.25) is 24.8 Å². The van der Waals surface area contributed by atoms with Crippen LogP contribution in [-0.4, -0.2) is 79.4 Å². The lowest BCUT2D eigenvalue weighted by Gasteiger charge is -2.57. The highest BCUT2D eigenvalue weighted by molar-refractivity contribution is 5.87. The van der Waals surface area contributed by atoms with Gasteiger partial charge in [0.15, 0.2) is 0 Å². The third-order valence-corrected chi connectivity index (χ3v) is 11.6. The van der Waals surface area contributed by atoms with Crippen molar-refractivity contribution >= 4 is 23.8 Å². The number of hydrazine groups is 1. The van der Waals surface area contributed by atoms with Gasteiger partial charge in [0.2, 0.25) is 17.7 Å². The summed E-state index contributed by atoms with van der Waals surface area (Å²) in [6.07, 6.45) is 6.78. The summed E-state index contributed by atoms with van der Waals surface area (Å²) in [6.45, 7) is 9.64. The number of benzene rings is 2. The van der Waals surface area contributed by atoms with Crippen molar-refractivity contribution in [2.45, 2.75) is 84.3 Å². The van der Waals surface area contributed by atoms with Crippen LogP contribution in [0.4, 0.5) is 4.79 Å². The molecule has 0 bridgehead atoms. The van der Waals surface area contributed by atoms with Gasteiger partial charge >= 0.3 is 6.09 Å². The molecule has 3 heterocycles. The Labute approximate surface area is 315 Å². The molecule has 4 N–H and O–H groups in total. The summed E-state index contributed by atoms with van der Waals surface area (Å²) in [5, 5.41) is 4.11. The Kier molecular flexibility index (Phi) is 10.3. The number of carbonyl (C=O) groups excluding carboxylic acids is 4. The predicted molar refractivity (Wildman–Crippen MR) is 203 cm³/mol. The van der Waals surface area contributed by atoms with E-state index in [1.54, 1.807) is 6.20 Å². The van der Waals surface area contributed by atoms with Crippen LogP contribution in [0.5, 0.6) is 0 Å². The quantitative estimate of drug-likeness (QED) is 0.141. The lowest BCUT2D eigenvalue weighted by atomic mass is 9.46. The number of alkyl carbamates (subject to hydrolysis) is 1. The zero-order valence-electron chi connectivity index (χ0n) is 31.8. The number of aromatic nitrogens is 4. The van der Waals surface area contributed by atoms with Crippen molar-refractivity contribution in [3.8, 4) is 33.6 Å². The fourth-order valence-electron chi connectivity index (χ4n) is 8.51. The Bertz CT molecular complexity index is 2000. The fourth-order valence-corrected chi connectivity index (χ4v) is 8.51. The lowest BCUT2D eigenvalue weighted by Crippen LogP contribution is -2.61. The van der Waals surface area contributed by atoms with Crippen LogP contribution >= 0.6 is 0 Å². The van der Waals surface area contributed by atoms with Gasteiger partial charge in [-0.15, -0.1) is 0 Å². The molecular weight excluding hydrogens is 685 g/mol. The maximum Gasteiger partial charge on any atom is 0.407 e. The normalized spacial score (nSPS) is 22.2. The van der Waals surface area contributed by atoms with Crippen LogP contribution < -0.4 is 10.7 Å². The Morgan fingerprint density at radius 3 is 1.89 bits per heavy atom. The summed E-state index contributed by atoms with van der Waals surface area (Å²) in [7, 11) is 1.29. The first-order valence-corrected chi connectivity index (χ1v) is 19.0. The zero-order chi connectivity index (χ0) is 38.3. The van der Waals surface area contributed by atoms with E-state index < -0.39 is 12.1 Å². The van der Waals surface area contributed by atoms with Gasteiger partial charge in [0, 0.05) is 25.4 Å². The van der Waals surface area contributed by atoms with E-state index in [9.17, 15) is 19.2 Å². The van der Waals surface area contributed by atoms with Gasteiger partial charge in [0.1, 0.15) is 17.7 Å². The molecule has 4 amide bonds. The number of fused-ring (bicyclic) bond motifs is 1. The molecule has 4 aromatic rings. The number of nitrogens with zero attached hydrogens (tertiary/aromatic N) is 4. The number of H-pyrrole nitrogens is 2. The molecule has 13 heteroatoms. The number of aromatic amines is 2. The molecule has 0 radical (unpaired) electrons. The van der Waals surface area contributed by atoms with Crippen LogP contribution in [-0.2, 0) is 19.1 Å². The standard InChI is InChI=1S/C41H50N8O5/c1-22(2)36(46-41(53)54-6)40(52)48-19-7-8-33(48)37-42-20-31(44-37)27-13-9-25(10-14-27)26-11-15-28(16-12-26)32-21-43-38(45-32)34-29-17-18-30(29)35(34)39(51)47-49(23(3)4)24(5)50/h9-16,20-23,29-30,33-36H,7-8,17-19H2,1-6H3,(H,42,44)(H,43,45)(H,46,53)(H,47,51)/t29?,30-,33+,34-,35-,36+/m1/s1. The molecule has 2 saturated carbocycles. The second-order valence-electron chi connectivity index (χ2n) is 15.5. The molecule has 1 saturated heterocycles. The molecule has 7 rings (SSSR count). The molecule has 2 aromatic heterocycles. The Morgan fingerprint density at radius 2 is 1.37 bits per heavy atom. The smallest absolute Gasteiger partial charge is 0.407 e. The third-order valence-electron chi connectivity index (χ3n) is 11.6. The molecule has 13 nitrogen and oxygen atoms in total. The molecule has 54 heavy (non-hydrogen) atoms. The highest BCUT2D eigenvalue weighted by Crippen LogP contribution is 2.62. The SMILES string of the molecule is COC(=O)N[C@H](C(=O)N1CCC[C@H]1c1ncc(-c2ccc(-c3ccc(-c4cnc([C@@H]5C6CC[C@H]6[C@H]5C(=O)NN(C(C)=O)C(C)C)[nH]4)cc3)cc2)[nH]1)C(C)C. The number of hydrogen-bond donors (Lipinski definition) is 4.